The molecule has 1 aliphatic carbocycles. The number of piperidine rings is 1. The van der Waals surface area contributed by atoms with Gasteiger partial charge in [-0.1, -0.05) is 26.2 Å². The zero-order valence-corrected chi connectivity index (χ0v) is 16.3. The molecule has 2 aliphatic rings. The van der Waals surface area contributed by atoms with Gasteiger partial charge in [0, 0.05) is 24.9 Å². The second-order valence-electron chi connectivity index (χ2n) is 7.85. The monoisotopic (exact) mass is 370 g/mol. The van der Waals surface area contributed by atoms with Gasteiger partial charge in [0.1, 0.15) is 12.2 Å². The molecule has 3 rings (SSSR count). The summed E-state index contributed by atoms with van der Waals surface area (Å²) in [6, 6.07) is 2.01. The lowest BCUT2D eigenvalue weighted by Crippen LogP contribution is -2.47. The van der Waals surface area contributed by atoms with Gasteiger partial charge in [0.25, 0.3) is 5.88 Å². The van der Waals surface area contributed by atoms with E-state index in [1.165, 1.54) is 44.5 Å². The molecule has 1 saturated carbocycles. The molecule has 2 heterocycles. The molecular weight excluding hydrogens is 340 g/mol. The quantitative estimate of drug-likeness (QED) is 0.762. The molecular formula is C21H30N4O2. The van der Waals surface area contributed by atoms with E-state index in [1.807, 2.05) is 11.0 Å². The summed E-state index contributed by atoms with van der Waals surface area (Å²) in [5.41, 5.74) is 0.200. The number of hydrogen-bond donors (Lipinski definition) is 0. The number of nitriles is 1. The van der Waals surface area contributed by atoms with Crippen LogP contribution in [0.5, 0.6) is 5.88 Å². The van der Waals surface area contributed by atoms with E-state index in [4.69, 9.17) is 10.00 Å². The maximum atomic E-state index is 13.0. The molecule has 6 nitrogen and oxygen atoms in total. The van der Waals surface area contributed by atoms with Crippen molar-refractivity contribution in [1.29, 1.82) is 5.26 Å². The van der Waals surface area contributed by atoms with Crippen LogP contribution in [0, 0.1) is 23.2 Å². The summed E-state index contributed by atoms with van der Waals surface area (Å²) in [5.74, 6) is 1.55. The van der Waals surface area contributed by atoms with Gasteiger partial charge in [-0.15, -0.1) is 0 Å². The highest BCUT2D eigenvalue weighted by Crippen LogP contribution is 2.33. The molecule has 0 N–H and O–H groups in total. The van der Waals surface area contributed by atoms with E-state index >= 15 is 0 Å². The number of carbonyl (C=O) groups is 1. The third-order valence-corrected chi connectivity index (χ3v) is 5.90. The van der Waals surface area contributed by atoms with Crippen molar-refractivity contribution in [3.8, 4) is 11.9 Å². The van der Waals surface area contributed by atoms with Crippen molar-refractivity contribution in [3.63, 3.8) is 0 Å². The van der Waals surface area contributed by atoms with Crippen LogP contribution in [0.15, 0.2) is 12.4 Å². The van der Waals surface area contributed by atoms with Gasteiger partial charge in [0.2, 0.25) is 11.6 Å². The molecule has 1 amide bonds. The van der Waals surface area contributed by atoms with Crippen molar-refractivity contribution in [3.05, 3.63) is 18.1 Å². The van der Waals surface area contributed by atoms with Crippen LogP contribution in [0.1, 0.15) is 70.4 Å². The van der Waals surface area contributed by atoms with Crippen LogP contribution >= 0.6 is 0 Å². The molecule has 1 aromatic heterocycles. The summed E-state index contributed by atoms with van der Waals surface area (Å²) in [5, 5.41) is 9.14. The van der Waals surface area contributed by atoms with Crippen molar-refractivity contribution in [2.75, 3.05) is 13.1 Å². The first-order chi connectivity index (χ1) is 13.2. The van der Waals surface area contributed by atoms with Crippen LogP contribution in [0.25, 0.3) is 0 Å². The molecule has 1 aromatic rings. The van der Waals surface area contributed by atoms with Gasteiger partial charge in [-0.25, -0.2) is 9.97 Å². The summed E-state index contributed by atoms with van der Waals surface area (Å²) in [6.45, 7) is 3.63. The number of unbranched alkanes of at least 4 members (excludes halogenated alkanes) is 1. The Morgan fingerprint density at radius 2 is 2.04 bits per heavy atom. The number of aromatic nitrogens is 2. The van der Waals surface area contributed by atoms with E-state index in [-0.39, 0.29) is 29.5 Å². The zero-order chi connectivity index (χ0) is 19.1. The summed E-state index contributed by atoms with van der Waals surface area (Å²) in [6.07, 6.45) is 13.0. The minimum absolute atomic E-state index is 0.118. The molecule has 0 aromatic carbocycles. The Labute approximate surface area is 161 Å². The normalized spacial score (nSPS) is 25.6. The Morgan fingerprint density at radius 1 is 1.26 bits per heavy atom. The second kappa shape index (κ2) is 9.68. The van der Waals surface area contributed by atoms with Gasteiger partial charge in [-0.2, -0.15) is 5.26 Å². The first-order valence-electron chi connectivity index (χ1n) is 10.4. The Balaban J connectivity index is 1.52. The summed E-state index contributed by atoms with van der Waals surface area (Å²) < 4.78 is 5.92. The fourth-order valence-electron chi connectivity index (χ4n) is 4.33. The lowest BCUT2D eigenvalue weighted by atomic mass is 9.79. The highest BCUT2D eigenvalue weighted by atomic mass is 16.5. The van der Waals surface area contributed by atoms with Crippen LogP contribution < -0.4 is 4.74 Å². The predicted molar refractivity (Wildman–Crippen MR) is 102 cm³/mol. The van der Waals surface area contributed by atoms with Gasteiger partial charge in [0.15, 0.2) is 0 Å². The first kappa shape index (κ1) is 19.6. The average Bonchev–Trinajstić information content (AvgIpc) is 2.72. The average molecular weight is 370 g/mol. The highest BCUT2D eigenvalue weighted by molar-refractivity contribution is 5.79. The molecule has 2 fully saturated rings. The van der Waals surface area contributed by atoms with E-state index in [1.54, 1.807) is 0 Å². The number of rotatable bonds is 6. The van der Waals surface area contributed by atoms with Gasteiger partial charge >= 0.3 is 0 Å². The smallest absolute Gasteiger partial charge is 0.251 e. The fourth-order valence-corrected chi connectivity index (χ4v) is 4.33. The van der Waals surface area contributed by atoms with E-state index in [0.29, 0.717) is 6.54 Å². The van der Waals surface area contributed by atoms with E-state index in [9.17, 15) is 4.79 Å². The Bertz CT molecular complexity index is 664. The van der Waals surface area contributed by atoms with E-state index in [0.717, 1.165) is 38.1 Å². The van der Waals surface area contributed by atoms with Crippen molar-refractivity contribution < 1.29 is 9.53 Å². The Morgan fingerprint density at radius 3 is 2.78 bits per heavy atom. The first-order valence-corrected chi connectivity index (χ1v) is 10.4. The number of nitrogens with zero attached hydrogens (tertiary/aromatic N) is 4. The maximum Gasteiger partial charge on any atom is 0.251 e. The Hall–Kier alpha value is -2.16. The van der Waals surface area contributed by atoms with Crippen molar-refractivity contribution in [2.45, 2.75) is 70.8 Å². The number of hydrogen-bond acceptors (Lipinski definition) is 5. The van der Waals surface area contributed by atoms with Crippen LogP contribution in [0.3, 0.4) is 0 Å². The molecule has 0 bridgehead atoms. The summed E-state index contributed by atoms with van der Waals surface area (Å²) >= 11 is 0. The molecule has 1 unspecified atom stereocenters. The van der Waals surface area contributed by atoms with Crippen molar-refractivity contribution in [1.82, 2.24) is 14.9 Å². The number of carbonyl (C=O) groups excluding carboxylic acids is 1. The van der Waals surface area contributed by atoms with Crippen LogP contribution in [-0.4, -0.2) is 40.0 Å². The second-order valence-corrected chi connectivity index (χ2v) is 7.85. The van der Waals surface area contributed by atoms with E-state index in [2.05, 4.69) is 16.9 Å². The Kier molecular flexibility index (Phi) is 7.03. The summed E-state index contributed by atoms with van der Waals surface area (Å²) in [7, 11) is 0. The molecule has 1 aliphatic heterocycles. The predicted octanol–water partition coefficient (Wildman–Crippen LogP) is 3.71. The third-order valence-electron chi connectivity index (χ3n) is 5.90. The van der Waals surface area contributed by atoms with Gasteiger partial charge in [-0.3, -0.25) is 4.79 Å². The lowest BCUT2D eigenvalue weighted by Gasteiger charge is -2.36. The van der Waals surface area contributed by atoms with E-state index < -0.39 is 0 Å². The van der Waals surface area contributed by atoms with Gasteiger partial charge in [0.05, 0.1) is 6.54 Å². The molecule has 0 spiro atoms. The molecule has 6 heteroatoms. The molecule has 1 saturated heterocycles. The van der Waals surface area contributed by atoms with Gasteiger partial charge in [-0.05, 0) is 44.4 Å². The minimum Gasteiger partial charge on any atom is -0.470 e. The summed E-state index contributed by atoms with van der Waals surface area (Å²) in [4.78, 5) is 23.1. The minimum atomic E-state index is -0.118. The lowest BCUT2D eigenvalue weighted by molar-refractivity contribution is -0.139. The zero-order valence-electron chi connectivity index (χ0n) is 16.3. The topological polar surface area (TPSA) is 79.1 Å². The molecule has 146 valence electrons. The van der Waals surface area contributed by atoms with Gasteiger partial charge < -0.3 is 9.64 Å². The molecule has 27 heavy (non-hydrogen) atoms. The fraction of sp³-hybridized carbons (Fsp3) is 0.714. The van der Waals surface area contributed by atoms with Crippen molar-refractivity contribution >= 4 is 5.91 Å². The number of likely N-dealkylation sites (tertiary alicyclic amines) is 1. The SMILES string of the molecule is CCCCC1CCC(C(=O)N2CCCC(Oc3nccnc3C#N)C2)CC1. The van der Waals surface area contributed by atoms with Crippen LogP contribution in [0.2, 0.25) is 0 Å². The standard InChI is InChI=1S/C21H30N4O2/c1-2-3-5-16-7-9-17(10-8-16)21(26)25-13-4-6-18(15-25)27-20-19(14-22)23-11-12-24-20/h11-12,16-18H,2-10,13,15H2,1H3. The maximum absolute atomic E-state index is 13.0. The molecule has 0 radical (unpaired) electrons. The third kappa shape index (κ3) is 5.18. The van der Waals surface area contributed by atoms with Crippen LogP contribution in [-0.2, 0) is 4.79 Å². The molecule has 1 atom stereocenters. The van der Waals surface area contributed by atoms with Crippen LogP contribution in [0.4, 0.5) is 0 Å². The number of amides is 1. The van der Waals surface area contributed by atoms with Crippen molar-refractivity contribution in [2.24, 2.45) is 11.8 Å². The number of ether oxygens (including phenoxy) is 1. The highest BCUT2D eigenvalue weighted by Gasteiger charge is 2.32. The largest absolute Gasteiger partial charge is 0.470 e.